The van der Waals surface area contributed by atoms with Crippen LogP contribution in [-0.4, -0.2) is 40.9 Å². The highest BCUT2D eigenvalue weighted by Gasteiger charge is 2.23. The van der Waals surface area contributed by atoms with E-state index in [2.05, 4.69) is 39.5 Å². The second kappa shape index (κ2) is 9.68. The number of methoxy groups -OCH3 is 3. The van der Waals surface area contributed by atoms with Gasteiger partial charge >= 0.3 is 0 Å². The fraction of sp³-hybridized carbons (Fsp3) is 0.350. The smallest absolute Gasteiger partial charge is 0.198 e. The zero-order valence-corrected chi connectivity index (χ0v) is 18.4. The molecule has 3 rings (SSSR count). The minimum atomic E-state index is 0. The zero-order valence-electron chi connectivity index (χ0n) is 16.1. The van der Waals surface area contributed by atoms with Gasteiger partial charge in [-0.25, -0.2) is 0 Å². The SMILES string of the molecule is CN=C(NCc1c(OC)cc(OC)cc1OC)N1CCc2ccccc21.I. The number of nitrogens with zero attached hydrogens (tertiary/aromatic N) is 2. The van der Waals surface area contributed by atoms with Gasteiger partial charge in [0.25, 0.3) is 0 Å². The largest absolute Gasteiger partial charge is 0.496 e. The quantitative estimate of drug-likeness (QED) is 0.401. The van der Waals surface area contributed by atoms with Crippen molar-refractivity contribution in [3.63, 3.8) is 0 Å². The van der Waals surface area contributed by atoms with E-state index in [0.29, 0.717) is 23.8 Å². The first kappa shape index (κ1) is 21.1. The van der Waals surface area contributed by atoms with Crippen molar-refractivity contribution in [2.75, 3.05) is 39.8 Å². The maximum Gasteiger partial charge on any atom is 0.198 e. The Hall–Kier alpha value is -2.16. The summed E-state index contributed by atoms with van der Waals surface area (Å²) in [5.74, 6) is 2.95. The minimum Gasteiger partial charge on any atom is -0.496 e. The Kier molecular flexibility index (Phi) is 7.58. The topological polar surface area (TPSA) is 55.3 Å². The predicted octanol–water partition coefficient (Wildman–Crippen LogP) is 3.47. The number of guanidine groups is 1. The van der Waals surface area contributed by atoms with E-state index in [1.54, 1.807) is 28.4 Å². The van der Waals surface area contributed by atoms with Crippen LogP contribution < -0.4 is 24.4 Å². The van der Waals surface area contributed by atoms with Crippen LogP contribution in [-0.2, 0) is 13.0 Å². The van der Waals surface area contributed by atoms with Gasteiger partial charge < -0.3 is 24.4 Å². The lowest BCUT2D eigenvalue weighted by atomic mass is 10.1. The fourth-order valence-corrected chi connectivity index (χ4v) is 3.27. The molecule has 0 aliphatic carbocycles. The molecule has 0 fully saturated rings. The minimum absolute atomic E-state index is 0. The molecule has 0 unspecified atom stereocenters. The van der Waals surface area contributed by atoms with Crippen LogP contribution in [0.4, 0.5) is 5.69 Å². The van der Waals surface area contributed by atoms with Gasteiger partial charge in [-0.3, -0.25) is 4.99 Å². The molecule has 0 aromatic heterocycles. The summed E-state index contributed by atoms with van der Waals surface area (Å²) in [4.78, 5) is 6.66. The van der Waals surface area contributed by atoms with E-state index >= 15 is 0 Å². The Balaban J connectivity index is 0.00000261. The van der Waals surface area contributed by atoms with E-state index in [0.717, 1.165) is 24.5 Å². The van der Waals surface area contributed by atoms with Gasteiger partial charge in [-0.2, -0.15) is 0 Å². The summed E-state index contributed by atoms with van der Waals surface area (Å²) in [5, 5.41) is 3.43. The number of para-hydroxylation sites is 1. The molecule has 1 aliphatic heterocycles. The van der Waals surface area contributed by atoms with Gasteiger partial charge in [0.1, 0.15) is 17.2 Å². The van der Waals surface area contributed by atoms with Crippen LogP contribution in [0.25, 0.3) is 0 Å². The molecule has 0 atom stereocenters. The molecule has 2 aromatic carbocycles. The molecule has 1 heterocycles. The standard InChI is InChI=1S/C20H25N3O3.HI/c1-21-20(23-10-9-14-7-5-6-8-17(14)23)22-13-16-18(25-3)11-15(24-2)12-19(16)26-4;/h5-8,11-12H,9-10,13H2,1-4H3,(H,21,22);1H. The average Bonchev–Trinajstić information content (AvgIpc) is 3.12. The second-order valence-corrected chi connectivity index (χ2v) is 5.94. The highest BCUT2D eigenvalue weighted by atomic mass is 127. The first-order valence-electron chi connectivity index (χ1n) is 8.56. The van der Waals surface area contributed by atoms with Gasteiger partial charge in [0, 0.05) is 31.4 Å². The van der Waals surface area contributed by atoms with Crippen molar-refractivity contribution in [2.45, 2.75) is 13.0 Å². The van der Waals surface area contributed by atoms with Crippen LogP contribution in [0.3, 0.4) is 0 Å². The maximum atomic E-state index is 5.52. The van der Waals surface area contributed by atoms with Crippen molar-refractivity contribution in [2.24, 2.45) is 4.99 Å². The summed E-state index contributed by atoms with van der Waals surface area (Å²) in [6, 6.07) is 12.1. The molecule has 6 nitrogen and oxygen atoms in total. The van der Waals surface area contributed by atoms with Crippen molar-refractivity contribution in [3.8, 4) is 17.2 Å². The van der Waals surface area contributed by atoms with Crippen LogP contribution in [0.1, 0.15) is 11.1 Å². The van der Waals surface area contributed by atoms with Crippen LogP contribution in [0.2, 0.25) is 0 Å². The molecule has 7 heteroatoms. The molecule has 27 heavy (non-hydrogen) atoms. The maximum absolute atomic E-state index is 5.52. The van der Waals surface area contributed by atoms with E-state index in [9.17, 15) is 0 Å². The van der Waals surface area contributed by atoms with E-state index in [-0.39, 0.29) is 24.0 Å². The Bertz CT molecular complexity index is 786. The molecule has 1 aliphatic rings. The van der Waals surface area contributed by atoms with Crippen LogP contribution in [0, 0.1) is 0 Å². The third kappa shape index (κ3) is 4.40. The normalized spacial score (nSPS) is 12.9. The number of anilines is 1. The van der Waals surface area contributed by atoms with E-state index < -0.39 is 0 Å². The molecule has 0 bridgehead atoms. The molecule has 2 aromatic rings. The van der Waals surface area contributed by atoms with Crippen molar-refractivity contribution < 1.29 is 14.2 Å². The summed E-state index contributed by atoms with van der Waals surface area (Å²) in [7, 11) is 6.71. The van der Waals surface area contributed by atoms with Gasteiger partial charge in [0.2, 0.25) is 0 Å². The number of nitrogens with one attached hydrogen (secondary N) is 1. The molecule has 1 N–H and O–H groups in total. The van der Waals surface area contributed by atoms with Gasteiger partial charge in [-0.15, -0.1) is 24.0 Å². The number of hydrogen-bond donors (Lipinski definition) is 1. The monoisotopic (exact) mass is 483 g/mol. The molecule has 146 valence electrons. The summed E-state index contributed by atoms with van der Waals surface area (Å²) in [6.07, 6.45) is 1.02. The average molecular weight is 483 g/mol. The number of fused-ring (bicyclic) bond motifs is 1. The third-order valence-electron chi connectivity index (χ3n) is 4.60. The first-order chi connectivity index (χ1) is 12.7. The first-order valence-corrected chi connectivity index (χ1v) is 8.56. The van der Waals surface area contributed by atoms with Gasteiger partial charge in [-0.1, -0.05) is 18.2 Å². The number of benzene rings is 2. The highest BCUT2D eigenvalue weighted by molar-refractivity contribution is 14.0. The van der Waals surface area contributed by atoms with Crippen LogP contribution in [0.5, 0.6) is 17.2 Å². The molecule has 0 amide bonds. The summed E-state index contributed by atoms with van der Waals surface area (Å²) < 4.78 is 16.4. The van der Waals surface area contributed by atoms with E-state index in [4.69, 9.17) is 14.2 Å². The zero-order chi connectivity index (χ0) is 18.5. The van der Waals surface area contributed by atoms with Gasteiger partial charge in [-0.05, 0) is 18.1 Å². The molecule has 0 radical (unpaired) electrons. The van der Waals surface area contributed by atoms with E-state index in [1.165, 1.54) is 11.3 Å². The Morgan fingerprint density at radius 2 is 1.74 bits per heavy atom. The lowest BCUT2D eigenvalue weighted by molar-refractivity contribution is 0.368. The highest BCUT2D eigenvalue weighted by Crippen LogP contribution is 2.34. The van der Waals surface area contributed by atoms with Crippen molar-refractivity contribution in [1.82, 2.24) is 5.32 Å². The number of ether oxygens (including phenoxy) is 3. The Morgan fingerprint density at radius 3 is 2.33 bits per heavy atom. The Morgan fingerprint density at radius 1 is 1.07 bits per heavy atom. The van der Waals surface area contributed by atoms with Crippen molar-refractivity contribution in [1.29, 1.82) is 0 Å². The summed E-state index contributed by atoms with van der Waals surface area (Å²) in [5.41, 5.74) is 3.47. The number of hydrogen-bond acceptors (Lipinski definition) is 4. The molecule has 0 saturated heterocycles. The summed E-state index contributed by atoms with van der Waals surface area (Å²) >= 11 is 0. The van der Waals surface area contributed by atoms with Gasteiger partial charge in [0.05, 0.1) is 33.4 Å². The van der Waals surface area contributed by atoms with Crippen LogP contribution in [0.15, 0.2) is 41.4 Å². The second-order valence-electron chi connectivity index (χ2n) is 5.94. The van der Waals surface area contributed by atoms with Crippen molar-refractivity contribution in [3.05, 3.63) is 47.5 Å². The lowest BCUT2D eigenvalue weighted by Crippen LogP contribution is -2.40. The number of aliphatic imine (C=N–C) groups is 1. The number of halogens is 1. The molecular formula is C20H26IN3O3. The van der Waals surface area contributed by atoms with Gasteiger partial charge in [0.15, 0.2) is 5.96 Å². The predicted molar refractivity (Wildman–Crippen MR) is 119 cm³/mol. The summed E-state index contributed by atoms with van der Waals surface area (Å²) in [6.45, 7) is 1.44. The lowest BCUT2D eigenvalue weighted by Gasteiger charge is -2.23. The molecule has 0 spiro atoms. The van der Waals surface area contributed by atoms with Crippen molar-refractivity contribution >= 4 is 35.6 Å². The van der Waals surface area contributed by atoms with E-state index in [1.807, 2.05) is 12.1 Å². The third-order valence-corrected chi connectivity index (χ3v) is 4.60. The van der Waals surface area contributed by atoms with Crippen LogP contribution >= 0.6 is 24.0 Å². The number of rotatable bonds is 5. The molecular weight excluding hydrogens is 457 g/mol. The molecule has 0 saturated carbocycles. The Labute approximate surface area is 177 Å². The fourth-order valence-electron chi connectivity index (χ4n) is 3.27.